The van der Waals surface area contributed by atoms with Gasteiger partial charge in [-0.3, -0.25) is 9.69 Å². The summed E-state index contributed by atoms with van der Waals surface area (Å²) in [5.74, 6) is 2.56. The number of thiocarbonyl (C=S) groups is 1. The number of amides is 1. The van der Waals surface area contributed by atoms with Gasteiger partial charge in [0.1, 0.15) is 5.70 Å². The zero-order valence-electron chi connectivity index (χ0n) is 22.1. The quantitative estimate of drug-likeness (QED) is 0.255. The summed E-state index contributed by atoms with van der Waals surface area (Å²) >= 11 is 5.84. The maximum Gasteiger partial charge on any atom is 0.276 e. The summed E-state index contributed by atoms with van der Waals surface area (Å²) in [6.45, 7) is 0.998. The van der Waals surface area contributed by atoms with Crippen LogP contribution in [-0.2, 0) is 17.6 Å². The van der Waals surface area contributed by atoms with E-state index in [2.05, 4.69) is 0 Å². The van der Waals surface area contributed by atoms with E-state index in [0.29, 0.717) is 59.7 Å². The third-order valence-corrected chi connectivity index (χ3v) is 6.90. The fraction of sp³-hybridized carbons (Fsp3) is 0.267. The van der Waals surface area contributed by atoms with Gasteiger partial charge in [-0.05, 0) is 72.1 Å². The van der Waals surface area contributed by atoms with E-state index in [4.69, 9.17) is 31.2 Å². The first-order chi connectivity index (χ1) is 18.5. The molecule has 0 saturated carbocycles. The molecule has 1 fully saturated rings. The molecule has 38 heavy (non-hydrogen) atoms. The minimum atomic E-state index is -0.105. The van der Waals surface area contributed by atoms with Crippen LogP contribution in [0.15, 0.2) is 72.4 Å². The molecule has 1 aliphatic heterocycles. The molecule has 8 heteroatoms. The number of carbonyl (C=O) groups is 1. The van der Waals surface area contributed by atoms with Crippen LogP contribution in [0.2, 0.25) is 0 Å². The van der Waals surface area contributed by atoms with Crippen LogP contribution in [0.4, 0.5) is 0 Å². The number of ether oxygens (including phenoxy) is 4. The van der Waals surface area contributed by atoms with Gasteiger partial charge in [0.25, 0.3) is 5.91 Å². The Hall–Kier alpha value is -4.04. The molecule has 3 aromatic carbocycles. The summed E-state index contributed by atoms with van der Waals surface area (Å²) in [4.78, 5) is 17.2. The molecule has 0 atom stereocenters. The molecule has 3 aromatic rings. The van der Waals surface area contributed by atoms with Crippen LogP contribution in [0.5, 0.6) is 23.0 Å². The minimum Gasteiger partial charge on any atom is -0.493 e. The molecule has 0 bridgehead atoms. The van der Waals surface area contributed by atoms with E-state index in [1.165, 1.54) is 0 Å². The summed E-state index contributed by atoms with van der Waals surface area (Å²) < 4.78 is 21.6. The van der Waals surface area contributed by atoms with E-state index >= 15 is 0 Å². The van der Waals surface area contributed by atoms with Gasteiger partial charge >= 0.3 is 0 Å². The molecule has 0 unspecified atom stereocenters. The first-order valence-corrected chi connectivity index (χ1v) is 12.7. The Labute approximate surface area is 229 Å². The van der Waals surface area contributed by atoms with Gasteiger partial charge in [0.15, 0.2) is 28.1 Å². The lowest BCUT2D eigenvalue weighted by atomic mass is 10.1. The fourth-order valence-electron chi connectivity index (χ4n) is 4.40. The number of nitrogens with zero attached hydrogens (tertiary/aromatic N) is 2. The molecular weight excluding hydrogens is 500 g/mol. The predicted molar refractivity (Wildman–Crippen MR) is 152 cm³/mol. The Balaban J connectivity index is 1.56. The highest BCUT2D eigenvalue weighted by Gasteiger charge is 2.37. The van der Waals surface area contributed by atoms with Gasteiger partial charge in [0.05, 0.1) is 28.4 Å². The highest BCUT2D eigenvalue weighted by molar-refractivity contribution is 7.80. The first-order valence-electron chi connectivity index (χ1n) is 12.3. The smallest absolute Gasteiger partial charge is 0.276 e. The van der Waals surface area contributed by atoms with Gasteiger partial charge in [-0.15, -0.1) is 0 Å². The third-order valence-electron chi connectivity index (χ3n) is 6.46. The largest absolute Gasteiger partial charge is 0.493 e. The molecular formula is C30H32N2O5S. The van der Waals surface area contributed by atoms with Crippen molar-refractivity contribution >= 4 is 29.3 Å². The number of carbonyl (C=O) groups excluding carboxylic acids is 1. The Morgan fingerprint density at radius 1 is 0.684 bits per heavy atom. The number of benzene rings is 3. The molecule has 4 rings (SSSR count). The zero-order valence-corrected chi connectivity index (χ0v) is 22.9. The Kier molecular flexibility index (Phi) is 8.86. The molecule has 1 heterocycles. The van der Waals surface area contributed by atoms with E-state index in [1.54, 1.807) is 33.3 Å². The summed E-state index contributed by atoms with van der Waals surface area (Å²) in [6, 6.07) is 21.4. The number of hydrogen-bond acceptors (Lipinski definition) is 6. The molecule has 1 aliphatic rings. The van der Waals surface area contributed by atoms with Crippen LogP contribution in [0.25, 0.3) is 6.08 Å². The zero-order chi connectivity index (χ0) is 27.1. The second kappa shape index (κ2) is 12.5. The lowest BCUT2D eigenvalue weighted by molar-refractivity contribution is -0.122. The van der Waals surface area contributed by atoms with Gasteiger partial charge in [-0.1, -0.05) is 42.5 Å². The minimum absolute atomic E-state index is 0.105. The SMILES string of the molecule is COc1ccc(CCN2C(=O)/C(=C\c3ccccc3)N(CCc3ccc(OC)c(OC)c3)C2=S)cc1OC. The van der Waals surface area contributed by atoms with E-state index in [9.17, 15) is 4.79 Å². The Bertz CT molecular complexity index is 1330. The molecule has 0 radical (unpaired) electrons. The standard InChI is InChI=1S/C30H32N2O5S/c1-34-25-12-10-22(19-27(25)36-3)14-16-31-24(18-21-8-6-5-7-9-21)29(33)32(30(31)38)17-15-23-11-13-26(35-2)28(20-23)37-4/h5-13,18-20H,14-17H2,1-4H3/b24-18+. The van der Waals surface area contributed by atoms with E-state index in [-0.39, 0.29) is 5.91 Å². The summed E-state index contributed by atoms with van der Waals surface area (Å²) in [5, 5.41) is 0.498. The molecule has 1 amide bonds. The topological polar surface area (TPSA) is 60.5 Å². The highest BCUT2D eigenvalue weighted by Crippen LogP contribution is 2.30. The lowest BCUT2D eigenvalue weighted by Gasteiger charge is -2.21. The molecule has 1 saturated heterocycles. The molecule has 7 nitrogen and oxygen atoms in total. The third kappa shape index (κ3) is 5.92. The van der Waals surface area contributed by atoms with E-state index in [0.717, 1.165) is 16.7 Å². The Morgan fingerprint density at radius 3 is 1.68 bits per heavy atom. The van der Waals surface area contributed by atoms with Crippen molar-refractivity contribution in [1.82, 2.24) is 9.80 Å². The molecule has 0 aromatic heterocycles. The maximum atomic E-state index is 13.6. The van der Waals surface area contributed by atoms with Gasteiger partial charge in [-0.2, -0.15) is 0 Å². The molecule has 0 N–H and O–H groups in total. The van der Waals surface area contributed by atoms with Crippen molar-refractivity contribution in [3.05, 3.63) is 89.1 Å². The summed E-state index contributed by atoms with van der Waals surface area (Å²) in [7, 11) is 6.45. The monoisotopic (exact) mass is 532 g/mol. The molecule has 198 valence electrons. The lowest BCUT2D eigenvalue weighted by Crippen LogP contribution is -2.35. The van der Waals surface area contributed by atoms with Crippen molar-refractivity contribution in [3.8, 4) is 23.0 Å². The summed E-state index contributed by atoms with van der Waals surface area (Å²) in [5.41, 5.74) is 3.59. The fourth-order valence-corrected chi connectivity index (χ4v) is 4.77. The van der Waals surface area contributed by atoms with Gasteiger partial charge in [0.2, 0.25) is 0 Å². The highest BCUT2D eigenvalue weighted by atomic mass is 32.1. The van der Waals surface area contributed by atoms with Crippen molar-refractivity contribution in [1.29, 1.82) is 0 Å². The van der Waals surface area contributed by atoms with Crippen molar-refractivity contribution in [2.45, 2.75) is 12.8 Å². The van der Waals surface area contributed by atoms with Gasteiger partial charge < -0.3 is 23.8 Å². The number of hydrogen-bond donors (Lipinski definition) is 0. The average molecular weight is 533 g/mol. The van der Waals surface area contributed by atoms with Crippen LogP contribution < -0.4 is 18.9 Å². The number of methoxy groups -OCH3 is 4. The molecule has 0 aliphatic carbocycles. The van der Waals surface area contributed by atoms with Crippen molar-refractivity contribution in [3.63, 3.8) is 0 Å². The van der Waals surface area contributed by atoms with Crippen molar-refractivity contribution < 1.29 is 23.7 Å². The van der Waals surface area contributed by atoms with Crippen LogP contribution in [0.3, 0.4) is 0 Å². The number of rotatable bonds is 11. The Morgan fingerprint density at radius 2 is 1.18 bits per heavy atom. The van der Waals surface area contributed by atoms with Crippen LogP contribution in [0.1, 0.15) is 16.7 Å². The average Bonchev–Trinajstić information content (AvgIpc) is 3.18. The summed E-state index contributed by atoms with van der Waals surface area (Å²) in [6.07, 6.45) is 3.19. The maximum absolute atomic E-state index is 13.6. The van der Waals surface area contributed by atoms with Crippen LogP contribution in [0, 0.1) is 0 Å². The second-order valence-corrected chi connectivity index (χ2v) is 9.08. The van der Waals surface area contributed by atoms with Crippen molar-refractivity contribution in [2.24, 2.45) is 0 Å². The van der Waals surface area contributed by atoms with Crippen molar-refractivity contribution in [2.75, 3.05) is 41.5 Å². The second-order valence-electron chi connectivity index (χ2n) is 8.71. The first kappa shape index (κ1) is 27.0. The van der Waals surface area contributed by atoms with Gasteiger partial charge in [0, 0.05) is 13.1 Å². The van der Waals surface area contributed by atoms with E-state index in [1.807, 2.05) is 77.7 Å². The molecule has 0 spiro atoms. The van der Waals surface area contributed by atoms with E-state index < -0.39 is 0 Å². The van der Waals surface area contributed by atoms with Crippen LogP contribution >= 0.6 is 12.2 Å². The predicted octanol–water partition coefficient (Wildman–Crippen LogP) is 4.98. The normalized spacial score (nSPS) is 14.3. The van der Waals surface area contributed by atoms with Crippen LogP contribution in [-0.4, -0.2) is 62.3 Å². The van der Waals surface area contributed by atoms with Gasteiger partial charge in [-0.25, -0.2) is 0 Å².